The topological polar surface area (TPSA) is 365 Å². The van der Waals surface area contributed by atoms with E-state index in [-0.39, 0.29) is 51.3 Å². The Labute approximate surface area is 523 Å². The smallest absolute Gasteiger partial charge is 0.246 e. The summed E-state index contributed by atoms with van der Waals surface area (Å²) in [6.45, 7) is 0. The van der Waals surface area contributed by atoms with Gasteiger partial charge in [-0.15, -0.1) is 0 Å². The molecule has 3 aromatic heterocycles. The maximum atomic E-state index is 6.35. The second kappa shape index (κ2) is 28.5. The molecule has 16 N–H and O–H groups in total. The van der Waals surface area contributed by atoms with Crippen LogP contribution in [0.5, 0.6) is 17.2 Å². The molecule has 5 aliphatic rings. The third kappa shape index (κ3) is 14.4. The first-order chi connectivity index (χ1) is 42.9. The zero-order chi connectivity index (χ0) is 61.1. The van der Waals surface area contributed by atoms with Crippen molar-refractivity contribution in [2.45, 2.75) is 7.43 Å². The molecule has 0 amide bonds. The molecule has 7 heterocycles. The largest absolute Gasteiger partial charge is 0.453 e. The van der Waals surface area contributed by atoms with Gasteiger partial charge in [-0.05, 0) is 76.5 Å². The van der Waals surface area contributed by atoms with Crippen molar-refractivity contribution in [1.82, 2.24) is 44.9 Å². The number of fused-ring (bicyclic) bond motifs is 11. The van der Waals surface area contributed by atoms with Gasteiger partial charge in [0.15, 0.2) is 0 Å². The fourth-order valence-electron chi connectivity index (χ4n) is 8.98. The van der Waals surface area contributed by atoms with Gasteiger partial charge in [0.25, 0.3) is 0 Å². The van der Waals surface area contributed by atoms with Gasteiger partial charge in [0, 0.05) is 38.7 Å². The van der Waals surface area contributed by atoms with E-state index in [1.807, 2.05) is 133 Å². The van der Waals surface area contributed by atoms with E-state index in [9.17, 15) is 0 Å². The van der Waals surface area contributed by atoms with Gasteiger partial charge in [-0.1, -0.05) is 140 Å². The number of nitrogens with two attached hydrogens (primary N) is 6. The number of hydrogen-bond donors (Lipinski definition) is 10. The number of allylic oxidation sites excluding steroid dienone is 5. The molecule has 10 aromatic rings. The molecule has 23 nitrogen and oxygen atoms in total. The first-order valence-electron chi connectivity index (χ1n) is 26.1. The Morgan fingerprint density at radius 1 is 0.420 bits per heavy atom. The van der Waals surface area contributed by atoms with Crippen molar-refractivity contribution in [2.75, 3.05) is 49.7 Å². The summed E-state index contributed by atoms with van der Waals surface area (Å²) in [7, 11) is -5.01. The number of anilines is 9. The lowest BCUT2D eigenvalue weighted by molar-refractivity contribution is 0.502. The van der Waals surface area contributed by atoms with Crippen molar-refractivity contribution >= 4 is 143 Å². The predicted octanol–water partition coefficient (Wildman–Crippen LogP) is 11.3. The van der Waals surface area contributed by atoms with Crippen LogP contribution in [0.15, 0.2) is 194 Å². The number of nitrogen functional groups attached to an aromatic ring is 6. The highest BCUT2D eigenvalue weighted by Crippen LogP contribution is 2.53. The number of benzene rings is 7. The lowest BCUT2D eigenvalue weighted by atomic mass is 10.0. The van der Waals surface area contributed by atoms with Gasteiger partial charge in [-0.25, -0.2) is 0 Å². The Morgan fingerprint density at radius 3 is 1.18 bits per heavy atom. The molecule has 4 aliphatic heterocycles. The van der Waals surface area contributed by atoms with Crippen molar-refractivity contribution in [2.24, 2.45) is 0 Å². The van der Waals surface area contributed by atoms with E-state index in [1.165, 1.54) is 5.56 Å². The van der Waals surface area contributed by atoms with Gasteiger partial charge < -0.3 is 57.4 Å². The fraction of sp³-hybridized carbons (Fsp3) is 0.0172. The lowest BCUT2D eigenvalue weighted by Gasteiger charge is -2.29. The van der Waals surface area contributed by atoms with Crippen LogP contribution in [-0.4, -0.2) is 51.2 Å². The van der Waals surface area contributed by atoms with Crippen LogP contribution in [0.2, 0.25) is 0 Å². The van der Waals surface area contributed by atoms with Crippen LogP contribution in [0.4, 0.5) is 53.5 Å². The minimum Gasteiger partial charge on any atom is -0.453 e. The van der Waals surface area contributed by atoms with E-state index in [0.717, 1.165) is 83.2 Å². The Morgan fingerprint density at radius 2 is 0.739 bits per heavy atom. The molecule has 0 radical (unpaired) electrons. The van der Waals surface area contributed by atoms with Crippen LogP contribution in [0.25, 0.3) is 39.0 Å². The zero-order valence-corrected chi connectivity index (χ0v) is 51.1. The first-order valence-corrected chi connectivity index (χ1v) is 33.6. The number of halogens is 2. The predicted molar refractivity (Wildman–Crippen MR) is 361 cm³/mol. The van der Waals surface area contributed by atoms with E-state index in [2.05, 4.69) is 126 Å². The third-order valence-electron chi connectivity index (χ3n) is 12.5. The summed E-state index contributed by atoms with van der Waals surface area (Å²) in [5.41, 5.74) is 41.6. The summed E-state index contributed by atoms with van der Waals surface area (Å²) in [5, 5.41) is 14.1. The SMILES string of the molecule is C.ClP1Oc2ccccc2-c2ccccc21.Nc1nc(N)nc(N)n1.Nc1nc(N)nc(NP2OC3=C(C=[C+]C=C3)c3ccccc32)n1.Nc1nc(NP2Oc3ccccc3-c3ccccc32)nc(NP2Oc3ccccc3-c3ccccc32)n1.[2H]OPCl. The number of para-hydroxylation sites is 3. The van der Waals surface area contributed by atoms with Crippen LogP contribution in [-0.2, 0) is 4.52 Å². The maximum Gasteiger partial charge on any atom is 0.246 e. The molecule has 0 spiro atoms. The Hall–Kier alpha value is -9.21. The molecule has 1 aliphatic carbocycles. The van der Waals surface area contributed by atoms with Gasteiger partial charge >= 0.3 is 0 Å². The quantitative estimate of drug-likeness (QED) is 0.0523. The molecule has 0 saturated carbocycles. The van der Waals surface area contributed by atoms with E-state index in [1.54, 1.807) is 0 Å². The van der Waals surface area contributed by atoms with E-state index < -0.39 is 32.4 Å². The molecule has 0 bridgehead atoms. The van der Waals surface area contributed by atoms with Crippen molar-refractivity contribution in [1.29, 1.82) is 1.43 Å². The number of nitrogens with one attached hydrogen (secondary N) is 3. The second-order valence-corrected chi connectivity index (χ2v) is 25.1. The molecule has 0 fully saturated rings. The molecule has 5 atom stereocenters. The normalized spacial score (nSPS) is 16.1. The minimum atomic E-state index is -1.28. The van der Waals surface area contributed by atoms with Gasteiger partial charge in [0.05, 0.1) is 16.9 Å². The van der Waals surface area contributed by atoms with Crippen LogP contribution in [0, 0.1) is 6.08 Å². The average Bonchev–Trinajstić information content (AvgIpc) is 1.16. The lowest BCUT2D eigenvalue weighted by Crippen LogP contribution is -2.21. The molecule has 0 saturated heterocycles. The van der Waals surface area contributed by atoms with Crippen LogP contribution in [0.1, 0.15) is 13.0 Å². The highest BCUT2D eigenvalue weighted by molar-refractivity contribution is 7.86. The van der Waals surface area contributed by atoms with Gasteiger partial charge in [0.1, 0.15) is 43.1 Å². The average molecular weight is 1310 g/mol. The van der Waals surface area contributed by atoms with Gasteiger partial charge in [-0.3, -0.25) is 15.3 Å². The van der Waals surface area contributed by atoms with Crippen molar-refractivity contribution in [3.63, 3.8) is 0 Å². The molecular weight excluding hydrogens is 1250 g/mol. The second-order valence-electron chi connectivity index (χ2n) is 18.0. The highest BCUT2D eigenvalue weighted by atomic mass is 35.7. The zero-order valence-electron chi connectivity index (χ0n) is 46.0. The van der Waals surface area contributed by atoms with Crippen molar-refractivity contribution in [3.8, 4) is 50.6 Å². The molecule has 30 heteroatoms. The van der Waals surface area contributed by atoms with Gasteiger partial charge in [-0.2, -0.15) is 44.9 Å². The summed E-state index contributed by atoms with van der Waals surface area (Å²) in [6.07, 6.45) is 8.70. The maximum absolute atomic E-state index is 6.35. The molecule has 442 valence electrons. The standard InChI is InChI=1S/C27H20N6O2P2.C15H12N6OP.C12H8ClOP.C3H6N6.CH4.ClH2OP/c28-25-29-26(32-36-23-15-7-3-11-19(23)17-9-1-5-13-21(17)34-36)31-27(30-25)33-37-24-16-8-4-12-20(24)18-10-2-6-14-22(18)35-37;16-13-18-14(17)20-15(19-13)21-23-12-8-4-2-6-10(12)9-5-1-3-7-11(9)22-23;13-15-12-8-4-2-6-10(12)9-5-1-3-7-11(9)14-15;4-1-7-2(5)9-3(6)8-1;;1-3-2/h1-16H,(H4,28,29,30,31,32,33);2-8H,(H5,16,17,18,19,20,21);1-8H;(H6,4,5,6,7,8,9);1H4;2-3H/q;+1;;;;/i;;;;;2D. The van der Waals surface area contributed by atoms with E-state index >= 15 is 0 Å². The minimum absolute atomic E-state index is 0. The van der Waals surface area contributed by atoms with Crippen LogP contribution < -0.4 is 84.5 Å². The summed E-state index contributed by atoms with van der Waals surface area (Å²) in [4.78, 5) is 39.2. The molecule has 7 aromatic carbocycles. The number of nitrogens with zero attached hydrogens (tertiary/aromatic N) is 9. The third-order valence-corrected chi connectivity index (χ3v) is 19.2. The number of hydrogen-bond acceptors (Lipinski definition) is 23. The first kappa shape index (κ1) is 60.5. The van der Waals surface area contributed by atoms with Crippen LogP contribution in [0.3, 0.4) is 0 Å². The van der Waals surface area contributed by atoms with Gasteiger partial charge in [0.2, 0.25) is 93.1 Å². The molecule has 5 unspecified atom stereocenters. The van der Waals surface area contributed by atoms with Crippen molar-refractivity contribution in [3.05, 3.63) is 205 Å². The summed E-state index contributed by atoms with van der Waals surface area (Å²) < 4.78 is 30.3. The molecule has 15 rings (SSSR count). The van der Waals surface area contributed by atoms with Crippen LogP contribution >= 0.6 is 63.0 Å². The molecular formula is C58H52Cl2N18O5P5+. The molecule has 88 heavy (non-hydrogen) atoms. The number of rotatable bonds is 7. The van der Waals surface area contributed by atoms with E-state index in [4.69, 9.17) is 76.4 Å². The van der Waals surface area contributed by atoms with E-state index in [0.29, 0.717) is 17.8 Å². The monoisotopic (exact) mass is 1310 g/mol. The van der Waals surface area contributed by atoms with Crippen molar-refractivity contribution < 1.29 is 23.0 Å². The summed E-state index contributed by atoms with van der Waals surface area (Å²) >= 11 is 11.0. The summed E-state index contributed by atoms with van der Waals surface area (Å²) in [6, 6.07) is 56.5. The Balaban J connectivity index is 0.000000142. The highest BCUT2D eigenvalue weighted by Gasteiger charge is 2.34. The fourth-order valence-corrected chi connectivity index (χ4v) is 15.3. The summed E-state index contributed by atoms with van der Waals surface area (Å²) in [5.74, 6) is 4.61. The number of aromatic nitrogens is 9. The Kier molecular flexibility index (Phi) is 19.6. The Bertz CT molecular complexity index is 4100.